The molecule has 2 aromatic carbocycles. The lowest BCUT2D eigenvalue weighted by Crippen LogP contribution is -2.31. The van der Waals surface area contributed by atoms with Crippen LogP contribution in [0.2, 0.25) is 0 Å². The standard InChI is InChI=1S/C31H33N3O2/c35-27-18-19-33-26(28(23-12-6-2-7-13-23)24-14-8-3-9-15-24)21-34-25(17-16-22-10-4-1-5-11-22)20-32-31(34)29(33)30(27)36/h2-3,6-9,12-15,18-20,22,26,28,36H,1,4-5,10-11,16-17,21H2/t26-/m1/s1. The van der Waals surface area contributed by atoms with Crippen molar-refractivity contribution >= 4 is 0 Å². The van der Waals surface area contributed by atoms with Crippen LogP contribution in [0, 0.1) is 5.92 Å². The molecule has 2 aromatic heterocycles. The first-order valence-electron chi connectivity index (χ1n) is 13.3. The molecule has 5 heteroatoms. The van der Waals surface area contributed by atoms with E-state index in [0.717, 1.165) is 18.9 Å². The van der Waals surface area contributed by atoms with Crippen molar-refractivity contribution in [2.75, 3.05) is 0 Å². The van der Waals surface area contributed by atoms with E-state index in [9.17, 15) is 9.90 Å². The van der Waals surface area contributed by atoms with Crippen LogP contribution in [0.5, 0.6) is 5.75 Å². The molecule has 5 nitrogen and oxygen atoms in total. The molecular formula is C31H33N3O2. The Labute approximate surface area is 212 Å². The predicted octanol–water partition coefficient (Wildman–Crippen LogP) is 6.32. The Morgan fingerprint density at radius 3 is 2.25 bits per heavy atom. The number of rotatable bonds is 6. The molecule has 1 N–H and O–H groups in total. The summed E-state index contributed by atoms with van der Waals surface area (Å²) in [4.78, 5) is 17.3. The highest BCUT2D eigenvalue weighted by Crippen LogP contribution is 2.43. The normalized spacial score (nSPS) is 17.6. The number of pyridine rings is 1. The zero-order chi connectivity index (χ0) is 24.5. The Hall–Kier alpha value is -3.60. The Morgan fingerprint density at radius 1 is 0.917 bits per heavy atom. The van der Waals surface area contributed by atoms with Crippen molar-refractivity contribution in [3.05, 3.63) is 106 Å². The number of aromatic nitrogens is 3. The average molecular weight is 480 g/mol. The Kier molecular flexibility index (Phi) is 6.22. The summed E-state index contributed by atoms with van der Waals surface area (Å²) >= 11 is 0. The first kappa shape index (κ1) is 22.8. The first-order valence-corrected chi connectivity index (χ1v) is 13.3. The summed E-state index contributed by atoms with van der Waals surface area (Å²) in [5.74, 6) is 1.32. The minimum Gasteiger partial charge on any atom is -0.503 e. The highest BCUT2D eigenvalue weighted by molar-refractivity contribution is 5.62. The van der Waals surface area contributed by atoms with Crippen LogP contribution in [-0.2, 0) is 13.0 Å². The van der Waals surface area contributed by atoms with Crippen LogP contribution in [0.3, 0.4) is 0 Å². The number of benzene rings is 2. The van der Waals surface area contributed by atoms with E-state index in [2.05, 4.69) is 57.7 Å². The van der Waals surface area contributed by atoms with Gasteiger partial charge in [-0.2, -0.15) is 0 Å². The molecule has 0 saturated heterocycles. The summed E-state index contributed by atoms with van der Waals surface area (Å²) < 4.78 is 4.34. The highest BCUT2D eigenvalue weighted by Gasteiger charge is 2.35. The van der Waals surface area contributed by atoms with E-state index in [-0.39, 0.29) is 23.1 Å². The van der Waals surface area contributed by atoms with Gasteiger partial charge in [-0.1, -0.05) is 92.8 Å². The molecule has 184 valence electrons. The summed E-state index contributed by atoms with van der Waals surface area (Å²) in [6.45, 7) is 0.735. The van der Waals surface area contributed by atoms with Gasteiger partial charge in [-0.05, 0) is 29.9 Å². The molecule has 0 bridgehead atoms. The van der Waals surface area contributed by atoms with E-state index in [0.29, 0.717) is 11.5 Å². The van der Waals surface area contributed by atoms with Gasteiger partial charge in [-0.3, -0.25) is 4.79 Å². The van der Waals surface area contributed by atoms with E-state index >= 15 is 0 Å². The van der Waals surface area contributed by atoms with Crippen LogP contribution >= 0.6 is 0 Å². The topological polar surface area (TPSA) is 60.1 Å². The van der Waals surface area contributed by atoms with Gasteiger partial charge in [0.15, 0.2) is 11.6 Å². The molecule has 6 rings (SSSR count). The van der Waals surface area contributed by atoms with Gasteiger partial charge in [0.25, 0.3) is 0 Å². The summed E-state index contributed by atoms with van der Waals surface area (Å²) in [7, 11) is 0. The van der Waals surface area contributed by atoms with E-state index in [1.807, 2.05) is 24.5 Å². The van der Waals surface area contributed by atoms with E-state index in [1.54, 1.807) is 0 Å². The lowest BCUT2D eigenvalue weighted by atomic mass is 9.83. The largest absolute Gasteiger partial charge is 0.503 e. The SMILES string of the molecule is O=c1ccn2c(c1O)-c1ncc(CCC3CCCCC3)n1C[C@@H]2C(c1ccccc1)c1ccccc1. The number of aryl methyl sites for hydroxylation is 1. The van der Waals surface area contributed by atoms with E-state index in [4.69, 9.17) is 4.98 Å². The van der Waals surface area contributed by atoms with E-state index < -0.39 is 0 Å². The number of imidazole rings is 1. The first-order chi connectivity index (χ1) is 17.7. The molecule has 0 unspecified atom stereocenters. The smallest absolute Gasteiger partial charge is 0.223 e. The number of hydrogen-bond acceptors (Lipinski definition) is 3. The highest BCUT2D eigenvalue weighted by atomic mass is 16.3. The molecule has 0 spiro atoms. The van der Waals surface area contributed by atoms with Gasteiger partial charge in [0.2, 0.25) is 5.43 Å². The maximum atomic E-state index is 12.6. The maximum absolute atomic E-state index is 12.6. The van der Waals surface area contributed by atoms with Gasteiger partial charge in [0.05, 0.1) is 6.04 Å². The molecule has 4 aromatic rings. The van der Waals surface area contributed by atoms with Gasteiger partial charge in [0.1, 0.15) is 5.69 Å². The van der Waals surface area contributed by atoms with Crippen LogP contribution in [0.25, 0.3) is 11.5 Å². The number of hydrogen-bond donors (Lipinski definition) is 1. The molecule has 0 radical (unpaired) electrons. The van der Waals surface area contributed by atoms with Gasteiger partial charge >= 0.3 is 0 Å². The molecule has 2 aliphatic rings. The van der Waals surface area contributed by atoms with Crippen molar-refractivity contribution in [1.29, 1.82) is 0 Å². The zero-order valence-corrected chi connectivity index (χ0v) is 20.6. The quantitative estimate of drug-likeness (QED) is 0.352. The van der Waals surface area contributed by atoms with Crippen LogP contribution < -0.4 is 5.43 Å². The van der Waals surface area contributed by atoms with Gasteiger partial charge in [0, 0.05) is 36.6 Å². The van der Waals surface area contributed by atoms with Crippen molar-refractivity contribution in [2.24, 2.45) is 5.92 Å². The molecule has 0 amide bonds. The fourth-order valence-electron chi connectivity index (χ4n) is 6.37. The van der Waals surface area contributed by atoms with Gasteiger partial charge in [-0.15, -0.1) is 0 Å². The van der Waals surface area contributed by atoms with Crippen molar-refractivity contribution in [2.45, 2.75) is 63.5 Å². The third-order valence-corrected chi connectivity index (χ3v) is 8.21. The molecular weight excluding hydrogens is 446 g/mol. The summed E-state index contributed by atoms with van der Waals surface area (Å²) in [5, 5.41) is 11.0. The van der Waals surface area contributed by atoms with E-state index in [1.165, 1.54) is 61.4 Å². The van der Waals surface area contributed by atoms with Crippen molar-refractivity contribution in [3.63, 3.8) is 0 Å². The maximum Gasteiger partial charge on any atom is 0.223 e. The minimum absolute atomic E-state index is 0.0218. The second-order valence-corrected chi connectivity index (χ2v) is 10.4. The van der Waals surface area contributed by atoms with Gasteiger partial charge < -0.3 is 14.2 Å². The molecule has 36 heavy (non-hydrogen) atoms. The fraction of sp³-hybridized carbons (Fsp3) is 0.355. The third kappa shape index (κ3) is 4.17. The van der Waals surface area contributed by atoms with Crippen LogP contribution in [0.15, 0.2) is 83.9 Å². The Bertz CT molecular complexity index is 1350. The Balaban J connectivity index is 1.45. The third-order valence-electron chi connectivity index (χ3n) is 8.21. The molecule has 1 atom stereocenters. The summed E-state index contributed by atoms with van der Waals surface area (Å²) in [6, 6.07) is 22.5. The monoisotopic (exact) mass is 479 g/mol. The number of fused-ring (bicyclic) bond motifs is 3. The lowest BCUT2D eigenvalue weighted by Gasteiger charge is -2.36. The summed E-state index contributed by atoms with van der Waals surface area (Å²) in [5.41, 5.74) is 3.79. The van der Waals surface area contributed by atoms with Crippen molar-refractivity contribution in [3.8, 4) is 17.3 Å². The number of nitrogens with zero attached hydrogens (tertiary/aromatic N) is 3. The number of aromatic hydroxyl groups is 1. The lowest BCUT2D eigenvalue weighted by molar-refractivity contribution is 0.331. The average Bonchev–Trinajstić information content (AvgIpc) is 3.34. The van der Waals surface area contributed by atoms with Crippen molar-refractivity contribution < 1.29 is 5.11 Å². The van der Waals surface area contributed by atoms with Crippen LogP contribution in [0.1, 0.15) is 67.3 Å². The second kappa shape index (κ2) is 9.81. The van der Waals surface area contributed by atoms with Gasteiger partial charge in [-0.25, -0.2) is 4.98 Å². The predicted molar refractivity (Wildman–Crippen MR) is 142 cm³/mol. The van der Waals surface area contributed by atoms with Crippen molar-refractivity contribution in [1.82, 2.24) is 14.1 Å². The second-order valence-electron chi connectivity index (χ2n) is 10.4. The van der Waals surface area contributed by atoms with Crippen LogP contribution in [0.4, 0.5) is 0 Å². The molecule has 1 aliphatic heterocycles. The van der Waals surface area contributed by atoms with Crippen LogP contribution in [-0.4, -0.2) is 19.2 Å². The summed E-state index contributed by atoms with van der Waals surface area (Å²) in [6.07, 6.45) is 12.6. The zero-order valence-electron chi connectivity index (χ0n) is 20.6. The molecule has 1 saturated carbocycles. The minimum atomic E-state index is -0.365. The fourth-order valence-corrected chi connectivity index (χ4v) is 6.37. The molecule has 3 heterocycles. The molecule has 1 fully saturated rings. The Morgan fingerprint density at radius 2 is 1.58 bits per heavy atom. The molecule has 1 aliphatic carbocycles.